The Hall–Kier alpha value is -1.99. The van der Waals surface area contributed by atoms with Crippen molar-refractivity contribution in [2.24, 2.45) is 0 Å². The van der Waals surface area contributed by atoms with E-state index in [0.717, 1.165) is 24.9 Å². The number of benzene rings is 1. The van der Waals surface area contributed by atoms with Crippen LogP contribution in [0, 0.1) is 6.92 Å². The normalized spacial score (nSPS) is 24.3. The zero-order valence-electron chi connectivity index (χ0n) is 13.5. The third kappa shape index (κ3) is 2.48. The molecule has 2 saturated heterocycles. The van der Waals surface area contributed by atoms with E-state index in [1.165, 1.54) is 0 Å². The Balaban J connectivity index is 1.62. The third-order valence-electron chi connectivity index (χ3n) is 4.93. The van der Waals surface area contributed by atoms with Gasteiger partial charge in [0, 0.05) is 37.6 Å². The number of hydrogen-bond donors (Lipinski definition) is 0. The molecule has 2 aromatic rings. The summed E-state index contributed by atoms with van der Waals surface area (Å²) in [7, 11) is -3.46. The fourth-order valence-corrected chi connectivity index (χ4v) is 5.65. The lowest BCUT2D eigenvalue weighted by molar-refractivity contribution is 0.388. The number of nitrogens with zero attached hydrogens (tertiary/aromatic N) is 4. The number of aromatic nitrogens is 2. The van der Waals surface area contributed by atoms with E-state index in [2.05, 4.69) is 14.9 Å². The lowest BCUT2D eigenvalue weighted by Crippen LogP contribution is -2.40. The van der Waals surface area contributed by atoms with Gasteiger partial charge in [-0.25, -0.2) is 18.4 Å². The first kappa shape index (κ1) is 15.5. The van der Waals surface area contributed by atoms with Crippen molar-refractivity contribution in [3.8, 4) is 0 Å². The standard InChI is InChI=1S/C17H20N4O2S/c1-13-4-2-5-14(12-13)24(22,23)21-11-7-15-16(21)6-10-20(15)17-18-8-3-9-19-17/h2-5,8-9,12,15-16H,6-7,10-11H2,1H3/t15-,16+/m0/s1. The molecule has 0 saturated carbocycles. The van der Waals surface area contributed by atoms with E-state index in [0.29, 0.717) is 17.4 Å². The summed E-state index contributed by atoms with van der Waals surface area (Å²) < 4.78 is 27.8. The Morgan fingerprint density at radius 3 is 2.54 bits per heavy atom. The molecule has 2 aliphatic rings. The lowest BCUT2D eigenvalue weighted by Gasteiger charge is -2.25. The molecule has 2 aliphatic heterocycles. The van der Waals surface area contributed by atoms with Crippen molar-refractivity contribution in [1.82, 2.24) is 14.3 Å². The van der Waals surface area contributed by atoms with Crippen LogP contribution in [0.2, 0.25) is 0 Å². The van der Waals surface area contributed by atoms with E-state index >= 15 is 0 Å². The fraction of sp³-hybridized carbons (Fsp3) is 0.412. The minimum Gasteiger partial charge on any atom is -0.336 e. The quantitative estimate of drug-likeness (QED) is 0.850. The molecule has 1 aromatic heterocycles. The first-order chi connectivity index (χ1) is 11.6. The van der Waals surface area contributed by atoms with Gasteiger partial charge >= 0.3 is 0 Å². The van der Waals surface area contributed by atoms with E-state index < -0.39 is 10.0 Å². The molecule has 6 nitrogen and oxygen atoms in total. The molecule has 0 radical (unpaired) electrons. The maximum absolute atomic E-state index is 13.0. The van der Waals surface area contributed by atoms with Crippen LogP contribution in [0.3, 0.4) is 0 Å². The van der Waals surface area contributed by atoms with Crippen molar-refractivity contribution in [2.75, 3.05) is 18.0 Å². The van der Waals surface area contributed by atoms with E-state index in [1.54, 1.807) is 41.0 Å². The van der Waals surface area contributed by atoms with Gasteiger partial charge in [0.2, 0.25) is 16.0 Å². The van der Waals surface area contributed by atoms with Crippen LogP contribution < -0.4 is 4.90 Å². The molecule has 0 bridgehead atoms. The maximum atomic E-state index is 13.0. The zero-order valence-corrected chi connectivity index (χ0v) is 14.4. The van der Waals surface area contributed by atoms with Crippen molar-refractivity contribution in [3.05, 3.63) is 48.3 Å². The molecule has 7 heteroatoms. The highest BCUT2D eigenvalue weighted by molar-refractivity contribution is 7.89. The van der Waals surface area contributed by atoms with Gasteiger partial charge in [0.1, 0.15) is 0 Å². The van der Waals surface area contributed by atoms with E-state index in [1.807, 2.05) is 13.0 Å². The van der Waals surface area contributed by atoms with Crippen LogP contribution in [0.4, 0.5) is 5.95 Å². The van der Waals surface area contributed by atoms with Gasteiger partial charge in [0.25, 0.3) is 0 Å². The summed E-state index contributed by atoms with van der Waals surface area (Å²) in [4.78, 5) is 11.2. The number of hydrogen-bond acceptors (Lipinski definition) is 5. The van der Waals surface area contributed by atoms with Gasteiger partial charge in [-0.1, -0.05) is 12.1 Å². The third-order valence-corrected chi connectivity index (χ3v) is 6.85. The van der Waals surface area contributed by atoms with Gasteiger partial charge in [-0.05, 0) is 43.5 Å². The Morgan fingerprint density at radius 1 is 1.04 bits per heavy atom. The first-order valence-corrected chi connectivity index (χ1v) is 9.63. The van der Waals surface area contributed by atoms with Crippen molar-refractivity contribution in [3.63, 3.8) is 0 Å². The second-order valence-electron chi connectivity index (χ2n) is 6.39. The molecule has 0 amide bonds. The van der Waals surface area contributed by atoms with Crippen LogP contribution in [0.5, 0.6) is 0 Å². The van der Waals surface area contributed by atoms with Gasteiger partial charge < -0.3 is 4.90 Å². The summed E-state index contributed by atoms with van der Waals surface area (Å²) in [6.07, 6.45) is 5.08. The summed E-state index contributed by atoms with van der Waals surface area (Å²) in [5.74, 6) is 0.694. The van der Waals surface area contributed by atoms with Gasteiger partial charge in [0.15, 0.2) is 0 Å². The van der Waals surface area contributed by atoms with Crippen LogP contribution in [-0.2, 0) is 10.0 Å². The minimum absolute atomic E-state index is 0.000631. The van der Waals surface area contributed by atoms with E-state index in [4.69, 9.17) is 0 Å². The van der Waals surface area contributed by atoms with Gasteiger partial charge in [-0.2, -0.15) is 4.31 Å². The molecule has 0 spiro atoms. The Bertz CT molecular complexity index is 841. The molecule has 4 rings (SSSR count). The highest BCUT2D eigenvalue weighted by Crippen LogP contribution is 2.36. The topological polar surface area (TPSA) is 66.4 Å². The highest BCUT2D eigenvalue weighted by Gasteiger charge is 2.48. The van der Waals surface area contributed by atoms with Gasteiger partial charge in [0.05, 0.1) is 4.90 Å². The van der Waals surface area contributed by atoms with E-state index in [9.17, 15) is 8.42 Å². The smallest absolute Gasteiger partial charge is 0.243 e. The number of sulfonamides is 1. The average Bonchev–Trinajstić information content (AvgIpc) is 3.17. The summed E-state index contributed by atoms with van der Waals surface area (Å²) >= 11 is 0. The molecular formula is C17H20N4O2S. The molecule has 126 valence electrons. The van der Waals surface area contributed by atoms with Gasteiger partial charge in [-0.15, -0.1) is 0 Å². The van der Waals surface area contributed by atoms with Crippen molar-refractivity contribution >= 4 is 16.0 Å². The summed E-state index contributed by atoms with van der Waals surface area (Å²) in [5, 5.41) is 0. The lowest BCUT2D eigenvalue weighted by atomic mass is 10.1. The largest absolute Gasteiger partial charge is 0.336 e. The molecule has 0 unspecified atom stereocenters. The van der Waals surface area contributed by atoms with Gasteiger partial charge in [-0.3, -0.25) is 0 Å². The van der Waals surface area contributed by atoms with Crippen LogP contribution in [0.1, 0.15) is 18.4 Å². The molecule has 24 heavy (non-hydrogen) atoms. The van der Waals surface area contributed by atoms with E-state index in [-0.39, 0.29) is 12.1 Å². The molecular weight excluding hydrogens is 324 g/mol. The van der Waals surface area contributed by atoms with Crippen LogP contribution in [-0.4, -0.2) is 47.9 Å². The number of fused-ring (bicyclic) bond motifs is 1. The molecule has 2 atom stereocenters. The van der Waals surface area contributed by atoms with Crippen molar-refractivity contribution < 1.29 is 8.42 Å². The molecule has 2 fully saturated rings. The molecule has 3 heterocycles. The molecule has 0 aliphatic carbocycles. The summed E-state index contributed by atoms with van der Waals surface area (Å²) in [6.45, 7) is 3.25. The SMILES string of the molecule is Cc1cccc(S(=O)(=O)N2CC[C@H]3[C@H]2CCN3c2ncccn2)c1. The van der Waals surface area contributed by atoms with Crippen molar-refractivity contribution in [2.45, 2.75) is 36.7 Å². The second kappa shape index (κ2) is 5.82. The van der Waals surface area contributed by atoms with Crippen LogP contribution in [0.25, 0.3) is 0 Å². The zero-order chi connectivity index (χ0) is 16.7. The Morgan fingerprint density at radius 2 is 1.79 bits per heavy atom. The fourth-order valence-electron chi connectivity index (χ4n) is 3.84. The summed E-state index contributed by atoms with van der Waals surface area (Å²) in [5.41, 5.74) is 0.956. The monoisotopic (exact) mass is 344 g/mol. The average molecular weight is 344 g/mol. The van der Waals surface area contributed by atoms with Crippen molar-refractivity contribution in [1.29, 1.82) is 0 Å². The van der Waals surface area contributed by atoms with Crippen LogP contribution >= 0.6 is 0 Å². The Kier molecular flexibility index (Phi) is 3.77. The predicted molar refractivity (Wildman–Crippen MR) is 91.3 cm³/mol. The highest BCUT2D eigenvalue weighted by atomic mass is 32.2. The first-order valence-electron chi connectivity index (χ1n) is 8.19. The molecule has 0 N–H and O–H groups in total. The number of rotatable bonds is 3. The minimum atomic E-state index is -3.46. The number of anilines is 1. The second-order valence-corrected chi connectivity index (χ2v) is 8.28. The molecule has 1 aromatic carbocycles. The van der Waals surface area contributed by atoms with Crippen LogP contribution in [0.15, 0.2) is 47.6 Å². The predicted octanol–water partition coefficient (Wildman–Crippen LogP) is 1.83. The summed E-state index contributed by atoms with van der Waals surface area (Å²) in [6, 6.07) is 9.09. The number of aryl methyl sites for hydroxylation is 1. The Labute approximate surface area is 142 Å². The maximum Gasteiger partial charge on any atom is 0.243 e.